The van der Waals surface area contributed by atoms with Gasteiger partial charge < -0.3 is 4.74 Å². The summed E-state index contributed by atoms with van der Waals surface area (Å²) in [7, 11) is 0. The second-order valence-corrected chi connectivity index (χ2v) is 4.95. The monoisotopic (exact) mass is 262 g/mol. The van der Waals surface area contributed by atoms with Gasteiger partial charge in [-0.25, -0.2) is 0 Å². The molecule has 0 spiro atoms. The van der Waals surface area contributed by atoms with E-state index in [0.29, 0.717) is 29.6 Å². The number of carbonyl (C=O) groups is 3. The van der Waals surface area contributed by atoms with E-state index in [1.807, 2.05) is 13.8 Å². The summed E-state index contributed by atoms with van der Waals surface area (Å²) in [5.41, 5.74) is 1.81. The molecule has 1 unspecified atom stereocenters. The van der Waals surface area contributed by atoms with Crippen molar-refractivity contribution >= 4 is 17.5 Å². The highest BCUT2D eigenvalue weighted by Gasteiger charge is 2.35. The van der Waals surface area contributed by atoms with Gasteiger partial charge in [0.05, 0.1) is 5.92 Å². The van der Waals surface area contributed by atoms with Gasteiger partial charge in [-0.1, -0.05) is 19.9 Å². The Morgan fingerprint density at radius 1 is 1.37 bits per heavy atom. The molecular formula is C15H18O4. The highest BCUT2D eigenvalue weighted by atomic mass is 16.5. The van der Waals surface area contributed by atoms with Crippen molar-refractivity contribution in [1.29, 1.82) is 0 Å². The smallest absolute Gasteiger partial charge is 0.313 e. The zero-order valence-corrected chi connectivity index (χ0v) is 11.3. The number of ether oxygens (including phenoxy) is 1. The molecule has 4 nitrogen and oxygen atoms in total. The minimum atomic E-state index is -0.405. The largest absolute Gasteiger partial charge is 0.460 e. The van der Waals surface area contributed by atoms with Crippen molar-refractivity contribution < 1.29 is 19.1 Å². The number of allylic oxidation sites excluding steroid dienone is 2. The van der Waals surface area contributed by atoms with Gasteiger partial charge in [0.15, 0.2) is 11.6 Å². The molecule has 102 valence electrons. The van der Waals surface area contributed by atoms with Crippen molar-refractivity contribution in [3.63, 3.8) is 0 Å². The molecule has 1 aliphatic heterocycles. The van der Waals surface area contributed by atoms with Crippen molar-refractivity contribution in [2.24, 2.45) is 5.92 Å². The number of hydrogen-bond donors (Lipinski definition) is 0. The van der Waals surface area contributed by atoms with Gasteiger partial charge in [-0.3, -0.25) is 14.4 Å². The molecule has 0 aromatic rings. The molecule has 1 atom stereocenters. The van der Waals surface area contributed by atoms with Gasteiger partial charge in [0.2, 0.25) is 0 Å². The Balaban J connectivity index is 2.39. The molecule has 1 heterocycles. The van der Waals surface area contributed by atoms with Crippen LogP contribution in [0.25, 0.3) is 0 Å². The van der Waals surface area contributed by atoms with E-state index in [1.54, 1.807) is 6.08 Å². The molecule has 0 amide bonds. The van der Waals surface area contributed by atoms with Crippen LogP contribution in [0.5, 0.6) is 0 Å². The zero-order valence-electron chi connectivity index (χ0n) is 11.3. The number of Topliss-reactive ketones (excluding diaryl/α,β-unsaturated/α-hetero) is 2. The van der Waals surface area contributed by atoms with E-state index in [-0.39, 0.29) is 30.6 Å². The van der Waals surface area contributed by atoms with E-state index < -0.39 is 5.92 Å². The maximum absolute atomic E-state index is 12.1. The van der Waals surface area contributed by atoms with Crippen LogP contribution >= 0.6 is 0 Å². The Kier molecular flexibility index (Phi) is 3.98. The van der Waals surface area contributed by atoms with Crippen LogP contribution in [-0.2, 0) is 19.1 Å². The van der Waals surface area contributed by atoms with Gasteiger partial charge in [-0.2, -0.15) is 0 Å². The Morgan fingerprint density at radius 2 is 2.11 bits per heavy atom. The Bertz CT molecular complexity index is 496. The zero-order chi connectivity index (χ0) is 14.0. The third-order valence-corrected chi connectivity index (χ3v) is 3.63. The van der Waals surface area contributed by atoms with E-state index in [0.717, 1.165) is 6.42 Å². The van der Waals surface area contributed by atoms with Gasteiger partial charge in [0.1, 0.15) is 6.61 Å². The molecule has 0 aromatic heterocycles. The SMILES string of the molecule is CCCC(=O)C1=CC2=C(COC(=O)C2CC)C(=O)C1. The lowest BCUT2D eigenvalue weighted by molar-refractivity contribution is -0.147. The fourth-order valence-electron chi connectivity index (χ4n) is 2.57. The molecule has 0 saturated heterocycles. The molecule has 0 aromatic carbocycles. The number of carbonyl (C=O) groups excluding carboxylic acids is 3. The quantitative estimate of drug-likeness (QED) is 0.728. The maximum atomic E-state index is 12.1. The lowest BCUT2D eigenvalue weighted by Gasteiger charge is -2.28. The normalized spacial score (nSPS) is 22.8. The van der Waals surface area contributed by atoms with E-state index in [9.17, 15) is 14.4 Å². The highest BCUT2D eigenvalue weighted by molar-refractivity contribution is 6.09. The van der Waals surface area contributed by atoms with Gasteiger partial charge in [0, 0.05) is 24.0 Å². The van der Waals surface area contributed by atoms with Gasteiger partial charge >= 0.3 is 5.97 Å². The first-order chi connectivity index (χ1) is 9.08. The van der Waals surface area contributed by atoms with Crippen LogP contribution in [0.1, 0.15) is 39.5 Å². The fourth-order valence-corrected chi connectivity index (χ4v) is 2.57. The maximum Gasteiger partial charge on any atom is 0.313 e. The first kappa shape index (κ1) is 13.7. The summed E-state index contributed by atoms with van der Waals surface area (Å²) in [6.07, 6.45) is 3.68. The molecule has 1 aliphatic carbocycles. The summed E-state index contributed by atoms with van der Waals surface area (Å²) in [6, 6.07) is 0. The molecule has 0 radical (unpaired) electrons. The summed E-state index contributed by atoms with van der Waals surface area (Å²) < 4.78 is 5.03. The lowest BCUT2D eigenvalue weighted by Crippen LogP contribution is -2.32. The molecule has 2 rings (SSSR count). The van der Waals surface area contributed by atoms with Crippen LogP contribution in [0.2, 0.25) is 0 Å². The number of rotatable bonds is 4. The second-order valence-electron chi connectivity index (χ2n) is 4.95. The highest BCUT2D eigenvalue weighted by Crippen LogP contribution is 2.33. The number of ketones is 2. The number of esters is 1. The summed E-state index contributed by atoms with van der Waals surface area (Å²) >= 11 is 0. The summed E-state index contributed by atoms with van der Waals surface area (Å²) in [6.45, 7) is 3.86. The van der Waals surface area contributed by atoms with Crippen LogP contribution in [0, 0.1) is 5.92 Å². The molecule has 19 heavy (non-hydrogen) atoms. The van der Waals surface area contributed by atoms with Gasteiger partial charge in [-0.05, 0) is 18.4 Å². The van der Waals surface area contributed by atoms with Crippen molar-refractivity contribution in [3.8, 4) is 0 Å². The van der Waals surface area contributed by atoms with Crippen molar-refractivity contribution in [3.05, 3.63) is 22.8 Å². The number of cyclic esters (lactones) is 1. The standard InChI is InChI=1S/C15H18O4/c1-3-5-13(16)9-6-11-10(4-2)15(18)19-8-12(11)14(17)7-9/h6,10H,3-5,7-8H2,1-2H3. The molecular weight excluding hydrogens is 244 g/mol. The fraction of sp³-hybridized carbons (Fsp3) is 0.533. The van der Waals surface area contributed by atoms with Gasteiger partial charge in [0.25, 0.3) is 0 Å². The molecule has 0 bridgehead atoms. The molecule has 0 saturated carbocycles. The van der Waals surface area contributed by atoms with Crippen molar-refractivity contribution in [1.82, 2.24) is 0 Å². The average molecular weight is 262 g/mol. The predicted molar refractivity (Wildman–Crippen MR) is 69.4 cm³/mol. The Morgan fingerprint density at radius 3 is 2.74 bits per heavy atom. The number of hydrogen-bond acceptors (Lipinski definition) is 4. The topological polar surface area (TPSA) is 60.4 Å². The minimum absolute atomic E-state index is 0.0104. The van der Waals surface area contributed by atoms with Crippen LogP contribution in [0.15, 0.2) is 22.8 Å². The summed E-state index contributed by atoms with van der Waals surface area (Å²) in [5.74, 6) is -0.772. The minimum Gasteiger partial charge on any atom is -0.460 e. The van der Waals surface area contributed by atoms with Crippen molar-refractivity contribution in [2.75, 3.05) is 6.61 Å². The first-order valence-electron chi connectivity index (χ1n) is 6.75. The molecule has 2 aliphatic rings. The first-order valence-corrected chi connectivity index (χ1v) is 6.75. The predicted octanol–water partition coefficient (Wildman–Crippen LogP) is 2.13. The van der Waals surface area contributed by atoms with Crippen LogP contribution < -0.4 is 0 Å². The van der Waals surface area contributed by atoms with Crippen molar-refractivity contribution in [2.45, 2.75) is 39.5 Å². The molecule has 0 fully saturated rings. The third kappa shape index (κ3) is 2.53. The molecule has 4 heteroatoms. The van der Waals surface area contributed by atoms with Crippen LogP contribution in [0.3, 0.4) is 0 Å². The second kappa shape index (κ2) is 5.51. The Hall–Kier alpha value is -1.71. The van der Waals surface area contributed by atoms with Gasteiger partial charge in [-0.15, -0.1) is 0 Å². The van der Waals surface area contributed by atoms with E-state index in [2.05, 4.69) is 0 Å². The van der Waals surface area contributed by atoms with E-state index in [1.165, 1.54) is 0 Å². The molecule has 0 N–H and O–H groups in total. The summed E-state index contributed by atoms with van der Waals surface area (Å²) in [4.78, 5) is 35.7. The Labute approximate surface area is 112 Å². The third-order valence-electron chi connectivity index (χ3n) is 3.63. The van der Waals surface area contributed by atoms with E-state index in [4.69, 9.17) is 4.74 Å². The van der Waals surface area contributed by atoms with Crippen LogP contribution in [-0.4, -0.2) is 24.1 Å². The summed E-state index contributed by atoms with van der Waals surface area (Å²) in [5, 5.41) is 0. The lowest BCUT2D eigenvalue weighted by atomic mass is 9.81. The van der Waals surface area contributed by atoms with E-state index >= 15 is 0 Å². The average Bonchev–Trinajstić information content (AvgIpc) is 2.38. The van der Waals surface area contributed by atoms with Crippen LogP contribution in [0.4, 0.5) is 0 Å².